The zero-order chi connectivity index (χ0) is 40.1. The molecule has 2 aromatic heterocycles. The van der Waals surface area contributed by atoms with Crippen molar-refractivity contribution in [2.75, 3.05) is 5.32 Å². The number of nitrogens with zero attached hydrogens (tertiary/aromatic N) is 2. The van der Waals surface area contributed by atoms with Crippen molar-refractivity contribution in [3.05, 3.63) is 221 Å². The van der Waals surface area contributed by atoms with Crippen molar-refractivity contribution in [3.63, 3.8) is 0 Å². The third-order valence-electron chi connectivity index (χ3n) is 13.2. The molecule has 2 atom stereocenters. The van der Waals surface area contributed by atoms with Crippen LogP contribution in [0.4, 0.5) is 11.4 Å². The Bertz CT molecular complexity index is 3420. The number of rotatable bonds is 6. The van der Waals surface area contributed by atoms with E-state index in [4.69, 9.17) is 11.6 Å². The molecule has 1 spiro atoms. The highest BCUT2D eigenvalue weighted by Crippen LogP contribution is 2.65. The first-order valence-electron chi connectivity index (χ1n) is 20.8. The van der Waals surface area contributed by atoms with Crippen molar-refractivity contribution >= 4 is 72.3 Å². The maximum Gasteiger partial charge on any atom is 0.0747 e. The normalized spacial score (nSPS) is 15.9. The Morgan fingerprint density at radius 3 is 1.83 bits per heavy atom. The van der Waals surface area contributed by atoms with Gasteiger partial charge in [-0.2, -0.15) is 0 Å². The van der Waals surface area contributed by atoms with Gasteiger partial charge in [-0.05, 0) is 89.7 Å². The largest absolute Gasteiger partial charge is 0.354 e. The summed E-state index contributed by atoms with van der Waals surface area (Å²) >= 11 is 6.79. The second-order valence-corrected chi connectivity index (χ2v) is 16.5. The summed E-state index contributed by atoms with van der Waals surface area (Å²) < 4.78 is 5.02. The molecule has 2 aliphatic carbocycles. The molecular formula is C56H40ClN3. The molecule has 0 aliphatic heterocycles. The van der Waals surface area contributed by atoms with E-state index in [-0.39, 0.29) is 6.04 Å². The van der Waals surface area contributed by atoms with E-state index in [1.165, 1.54) is 88.1 Å². The first kappa shape index (κ1) is 34.9. The van der Waals surface area contributed by atoms with Gasteiger partial charge in [0.05, 0.1) is 32.7 Å². The van der Waals surface area contributed by atoms with Crippen molar-refractivity contribution in [3.8, 4) is 22.3 Å². The fourth-order valence-electron chi connectivity index (χ4n) is 10.8. The molecule has 2 heterocycles. The van der Waals surface area contributed by atoms with Gasteiger partial charge in [-0.3, -0.25) is 0 Å². The van der Waals surface area contributed by atoms with Crippen molar-refractivity contribution in [1.29, 1.82) is 0 Å². The molecule has 0 saturated heterocycles. The number of allylic oxidation sites excluding steroid dienone is 4. The van der Waals surface area contributed by atoms with Crippen molar-refractivity contribution in [2.24, 2.45) is 0 Å². The summed E-state index contributed by atoms with van der Waals surface area (Å²) in [5.41, 5.74) is 17.7. The molecule has 60 heavy (non-hydrogen) atoms. The van der Waals surface area contributed by atoms with Gasteiger partial charge in [0.15, 0.2) is 0 Å². The van der Waals surface area contributed by atoms with E-state index < -0.39 is 5.41 Å². The number of halogens is 1. The lowest BCUT2D eigenvalue weighted by Gasteiger charge is -2.32. The Kier molecular flexibility index (Phi) is 7.70. The molecule has 0 radical (unpaired) electrons. The highest BCUT2D eigenvalue weighted by molar-refractivity contribution is 6.33. The molecule has 10 aromatic rings. The highest BCUT2D eigenvalue weighted by Gasteiger charge is 2.53. The van der Waals surface area contributed by atoms with Crippen LogP contribution >= 0.6 is 11.6 Å². The van der Waals surface area contributed by atoms with E-state index in [0.29, 0.717) is 5.02 Å². The molecule has 2 unspecified atom stereocenters. The number of hydrogen-bond donors (Lipinski definition) is 1. The highest BCUT2D eigenvalue weighted by atomic mass is 35.5. The molecular weight excluding hydrogens is 750 g/mol. The van der Waals surface area contributed by atoms with Gasteiger partial charge in [0.1, 0.15) is 0 Å². The Hall–Kier alpha value is -7.07. The third kappa shape index (κ3) is 4.67. The van der Waals surface area contributed by atoms with Gasteiger partial charge in [-0.25, -0.2) is 0 Å². The number of fused-ring (bicyclic) bond motifs is 17. The minimum absolute atomic E-state index is 0.00652. The van der Waals surface area contributed by atoms with Gasteiger partial charge in [-0.15, -0.1) is 0 Å². The van der Waals surface area contributed by atoms with Gasteiger partial charge in [0.25, 0.3) is 0 Å². The lowest BCUT2D eigenvalue weighted by atomic mass is 9.70. The van der Waals surface area contributed by atoms with E-state index in [1.807, 2.05) is 18.2 Å². The minimum Gasteiger partial charge on any atom is -0.354 e. The summed E-state index contributed by atoms with van der Waals surface area (Å²) in [5, 5.41) is 9.52. The fourth-order valence-corrected chi connectivity index (χ4v) is 11.0. The predicted molar refractivity (Wildman–Crippen MR) is 254 cm³/mol. The summed E-state index contributed by atoms with van der Waals surface area (Å²) in [6.45, 7) is 4.49. The Labute approximate surface area is 354 Å². The van der Waals surface area contributed by atoms with Gasteiger partial charge < -0.3 is 14.5 Å². The second-order valence-electron chi connectivity index (χ2n) is 16.1. The smallest absolute Gasteiger partial charge is 0.0747 e. The molecule has 8 aromatic carbocycles. The van der Waals surface area contributed by atoms with Crippen LogP contribution in [0.5, 0.6) is 0 Å². The molecule has 3 nitrogen and oxygen atoms in total. The number of anilines is 2. The number of nitrogens with one attached hydrogen (secondary N) is 1. The van der Waals surface area contributed by atoms with Gasteiger partial charge >= 0.3 is 0 Å². The Morgan fingerprint density at radius 2 is 1.12 bits per heavy atom. The summed E-state index contributed by atoms with van der Waals surface area (Å²) in [7, 11) is 0. The number of aromatic nitrogens is 2. The molecule has 12 rings (SSSR count). The molecule has 0 saturated carbocycles. The maximum atomic E-state index is 6.79. The lowest BCUT2D eigenvalue weighted by Crippen LogP contribution is -2.27. The standard InChI is InChI=1S/C56H40ClN3/c1-3-36(60-51-29-14-6-18-38(51)39-19-7-15-30-52(39)60)32-31-35(2)59-50-28-13-8-20-40(50)42-34-33-41-37-17-4-9-22-44(37)56(54(41)55(42)59)45-23-10-5-21-43(45)53-46(56)24-16-27-49(53)58-48-26-12-11-25-47(48)57/h3-35,58H,1-2H3/b32-31-,36-3+. The summed E-state index contributed by atoms with van der Waals surface area (Å²) in [5.74, 6) is 0. The first-order valence-corrected chi connectivity index (χ1v) is 21.2. The van der Waals surface area contributed by atoms with Crippen molar-refractivity contribution in [2.45, 2.75) is 25.3 Å². The van der Waals surface area contributed by atoms with E-state index >= 15 is 0 Å². The quantitative estimate of drug-likeness (QED) is 0.167. The monoisotopic (exact) mass is 789 g/mol. The van der Waals surface area contributed by atoms with Crippen LogP contribution in [0.25, 0.3) is 71.6 Å². The fraction of sp³-hybridized carbons (Fsp3) is 0.0714. The Morgan fingerprint density at radius 1 is 0.550 bits per heavy atom. The molecule has 286 valence electrons. The van der Waals surface area contributed by atoms with Crippen molar-refractivity contribution in [1.82, 2.24) is 9.13 Å². The number of hydrogen-bond acceptors (Lipinski definition) is 1. The number of benzene rings is 8. The van der Waals surface area contributed by atoms with Crippen LogP contribution in [0.3, 0.4) is 0 Å². The van der Waals surface area contributed by atoms with Gasteiger partial charge in [0.2, 0.25) is 0 Å². The molecule has 0 bridgehead atoms. The Balaban J connectivity index is 1.12. The maximum absolute atomic E-state index is 6.79. The second kappa shape index (κ2) is 13.2. The van der Waals surface area contributed by atoms with Crippen LogP contribution in [0.15, 0.2) is 194 Å². The SMILES string of the molecule is C/C=C(\C=C/C(C)n1c2ccccc2c2ccc3c(c21)C1(c2ccccc2-3)c2ccccc2-c2c(Nc3ccccc3Cl)cccc21)n1c2ccccc2c2ccccc21. The van der Waals surface area contributed by atoms with Crippen LogP contribution in [0.2, 0.25) is 5.02 Å². The lowest BCUT2D eigenvalue weighted by molar-refractivity contribution is 0.700. The van der Waals surface area contributed by atoms with Crippen molar-refractivity contribution < 1.29 is 0 Å². The van der Waals surface area contributed by atoms with Crippen LogP contribution < -0.4 is 5.32 Å². The molecule has 1 N–H and O–H groups in total. The summed E-state index contributed by atoms with van der Waals surface area (Å²) in [6.07, 6.45) is 6.95. The minimum atomic E-state index is -0.567. The zero-order valence-electron chi connectivity index (χ0n) is 33.3. The summed E-state index contributed by atoms with van der Waals surface area (Å²) in [4.78, 5) is 0. The zero-order valence-corrected chi connectivity index (χ0v) is 34.1. The van der Waals surface area contributed by atoms with Crippen LogP contribution in [0.1, 0.15) is 42.1 Å². The first-order chi connectivity index (χ1) is 29.6. The third-order valence-corrected chi connectivity index (χ3v) is 13.5. The summed E-state index contributed by atoms with van der Waals surface area (Å²) in [6, 6.07) is 64.1. The predicted octanol–water partition coefficient (Wildman–Crippen LogP) is 15.3. The molecule has 0 fully saturated rings. The van der Waals surface area contributed by atoms with Crippen LogP contribution in [-0.2, 0) is 5.41 Å². The van der Waals surface area contributed by atoms with Crippen LogP contribution in [-0.4, -0.2) is 9.13 Å². The van der Waals surface area contributed by atoms with Gasteiger partial charge in [0, 0.05) is 55.6 Å². The molecule has 2 aliphatic rings. The number of para-hydroxylation sites is 4. The van der Waals surface area contributed by atoms with E-state index in [2.05, 4.69) is 204 Å². The van der Waals surface area contributed by atoms with E-state index in [0.717, 1.165) is 17.1 Å². The average molecular weight is 790 g/mol. The topological polar surface area (TPSA) is 21.9 Å². The van der Waals surface area contributed by atoms with Gasteiger partial charge in [-0.1, -0.05) is 163 Å². The van der Waals surface area contributed by atoms with Crippen LogP contribution in [0, 0.1) is 0 Å². The molecule has 4 heteroatoms. The van der Waals surface area contributed by atoms with E-state index in [9.17, 15) is 0 Å². The van der Waals surface area contributed by atoms with E-state index in [1.54, 1.807) is 0 Å². The molecule has 0 amide bonds. The average Bonchev–Trinajstić information content (AvgIpc) is 4.00.